The van der Waals surface area contributed by atoms with E-state index in [2.05, 4.69) is 4.98 Å². The van der Waals surface area contributed by atoms with Gasteiger partial charge in [-0.25, -0.2) is 4.98 Å². The zero-order chi connectivity index (χ0) is 30.4. The molecular formula is C30H38F3N3O6. The molecule has 42 heavy (non-hydrogen) atoms. The molecule has 4 heterocycles. The second-order valence-corrected chi connectivity index (χ2v) is 12.1. The number of rotatable bonds is 8. The number of hydrogen-bond donors (Lipinski definition) is 1. The van der Waals surface area contributed by atoms with E-state index in [0.717, 1.165) is 5.56 Å². The van der Waals surface area contributed by atoms with Crippen molar-refractivity contribution in [3.05, 3.63) is 47.7 Å². The Morgan fingerprint density at radius 1 is 1.17 bits per heavy atom. The summed E-state index contributed by atoms with van der Waals surface area (Å²) in [6.07, 6.45) is -5.60. The van der Waals surface area contributed by atoms with Crippen molar-refractivity contribution in [2.75, 3.05) is 44.8 Å². The van der Waals surface area contributed by atoms with Crippen molar-refractivity contribution >= 4 is 11.7 Å². The Balaban J connectivity index is 1.27. The van der Waals surface area contributed by atoms with E-state index < -0.39 is 36.0 Å². The highest BCUT2D eigenvalue weighted by Gasteiger charge is 2.51. The summed E-state index contributed by atoms with van der Waals surface area (Å²) in [6.45, 7) is 9.24. The van der Waals surface area contributed by atoms with Crippen LogP contribution in [-0.2, 0) is 20.7 Å². The lowest BCUT2D eigenvalue weighted by atomic mass is 9.72. The Bertz CT molecular complexity index is 1280. The molecular weight excluding hydrogens is 555 g/mol. The van der Waals surface area contributed by atoms with Crippen molar-refractivity contribution in [2.24, 2.45) is 5.41 Å². The SMILES string of the molecule is COc1ccc([C@@H]2CN(C(=O)[C@@H]3COC(C)(C)O3)C[C@@]2(C)C(C)O)cc1OC1CN(c2ccc(CC(F)(F)F)cn2)C1. The summed E-state index contributed by atoms with van der Waals surface area (Å²) < 4.78 is 61.2. The predicted octanol–water partition coefficient (Wildman–Crippen LogP) is 3.93. The third-order valence-corrected chi connectivity index (χ3v) is 8.55. The highest BCUT2D eigenvalue weighted by Crippen LogP contribution is 2.47. The van der Waals surface area contributed by atoms with Crippen LogP contribution in [0.1, 0.15) is 44.7 Å². The molecule has 12 heteroatoms. The van der Waals surface area contributed by atoms with Gasteiger partial charge in [-0.15, -0.1) is 0 Å². The lowest BCUT2D eigenvalue weighted by Gasteiger charge is -2.40. The number of alkyl halides is 3. The Morgan fingerprint density at radius 2 is 1.90 bits per heavy atom. The van der Waals surface area contributed by atoms with Crippen molar-refractivity contribution in [1.29, 1.82) is 0 Å². The molecule has 0 bridgehead atoms. The lowest BCUT2D eigenvalue weighted by molar-refractivity contribution is -0.159. The van der Waals surface area contributed by atoms with E-state index in [0.29, 0.717) is 43.5 Å². The van der Waals surface area contributed by atoms with Crippen LogP contribution in [-0.4, -0.2) is 91.1 Å². The van der Waals surface area contributed by atoms with Gasteiger partial charge in [0.25, 0.3) is 5.91 Å². The first-order valence-electron chi connectivity index (χ1n) is 14.1. The molecule has 1 N–H and O–H groups in total. The fourth-order valence-corrected chi connectivity index (χ4v) is 5.93. The van der Waals surface area contributed by atoms with Gasteiger partial charge >= 0.3 is 6.18 Å². The number of anilines is 1. The van der Waals surface area contributed by atoms with Crippen LogP contribution in [0.4, 0.5) is 19.0 Å². The number of methoxy groups -OCH3 is 1. The number of hydrogen-bond acceptors (Lipinski definition) is 8. The standard InChI is InChI=1S/C30H38F3N3O6/c1-18(37)29(4)17-36(27(38)25-16-40-28(2,3)42-25)15-22(29)20-7-8-23(39-5)24(10-20)41-21-13-35(14-21)26-9-6-19(12-34-26)11-30(31,32)33/h6-10,12,18,21-22,25,37H,11,13-17H2,1-5H3/t18?,22-,25-,29-/m0/s1. The van der Waals surface area contributed by atoms with Gasteiger partial charge in [0, 0.05) is 30.6 Å². The van der Waals surface area contributed by atoms with Crippen LogP contribution in [0.2, 0.25) is 0 Å². The normalized spacial score (nSPS) is 26.7. The van der Waals surface area contributed by atoms with Crippen LogP contribution in [0, 0.1) is 5.41 Å². The minimum absolute atomic E-state index is 0.116. The van der Waals surface area contributed by atoms with Gasteiger partial charge in [0.15, 0.2) is 23.4 Å². The molecule has 3 aliphatic heterocycles. The number of carbonyl (C=O) groups is 1. The van der Waals surface area contributed by atoms with Gasteiger partial charge < -0.3 is 33.9 Å². The Labute approximate surface area is 243 Å². The molecule has 1 aromatic carbocycles. The Hall–Kier alpha value is -3.09. The highest BCUT2D eigenvalue weighted by atomic mass is 19.4. The van der Waals surface area contributed by atoms with Crippen LogP contribution >= 0.6 is 0 Å². The first kappa shape index (κ1) is 30.4. The number of halogens is 3. The molecule has 2 aromatic rings. The minimum atomic E-state index is -4.28. The third-order valence-electron chi connectivity index (χ3n) is 8.55. The first-order valence-corrected chi connectivity index (χ1v) is 14.1. The Morgan fingerprint density at radius 3 is 2.48 bits per heavy atom. The molecule has 1 amide bonds. The van der Waals surface area contributed by atoms with Crippen LogP contribution in [0.25, 0.3) is 0 Å². The first-order chi connectivity index (χ1) is 19.7. The maximum atomic E-state index is 13.3. The molecule has 0 radical (unpaired) electrons. The van der Waals surface area contributed by atoms with Crippen LogP contribution in [0.5, 0.6) is 11.5 Å². The summed E-state index contributed by atoms with van der Waals surface area (Å²) in [4.78, 5) is 21.2. The Kier molecular flexibility index (Phi) is 8.10. The number of amides is 1. The number of nitrogens with zero attached hydrogens (tertiary/aromatic N) is 3. The second kappa shape index (κ2) is 11.2. The molecule has 3 aliphatic rings. The second-order valence-electron chi connectivity index (χ2n) is 12.1. The number of benzene rings is 1. The van der Waals surface area contributed by atoms with E-state index >= 15 is 0 Å². The maximum Gasteiger partial charge on any atom is 0.393 e. The fourth-order valence-electron chi connectivity index (χ4n) is 5.93. The molecule has 230 valence electrons. The van der Waals surface area contributed by atoms with Crippen LogP contribution < -0.4 is 14.4 Å². The van der Waals surface area contributed by atoms with Crippen molar-refractivity contribution < 1.29 is 42.0 Å². The minimum Gasteiger partial charge on any atom is -0.493 e. The number of pyridine rings is 1. The molecule has 5 rings (SSSR count). The molecule has 0 aliphatic carbocycles. The average Bonchev–Trinajstić information content (AvgIpc) is 3.45. The van der Waals surface area contributed by atoms with E-state index in [-0.39, 0.29) is 30.1 Å². The van der Waals surface area contributed by atoms with Crippen LogP contribution in [0.15, 0.2) is 36.5 Å². The fraction of sp³-hybridized carbons (Fsp3) is 0.600. The molecule has 3 fully saturated rings. The van der Waals surface area contributed by atoms with Gasteiger partial charge in [0.1, 0.15) is 11.9 Å². The largest absolute Gasteiger partial charge is 0.493 e. The van der Waals surface area contributed by atoms with Crippen molar-refractivity contribution in [3.63, 3.8) is 0 Å². The summed E-state index contributed by atoms with van der Waals surface area (Å²) in [5.41, 5.74) is 0.408. The van der Waals surface area contributed by atoms with Crippen molar-refractivity contribution in [1.82, 2.24) is 9.88 Å². The highest BCUT2D eigenvalue weighted by molar-refractivity contribution is 5.82. The number of aliphatic hydroxyl groups is 1. The summed E-state index contributed by atoms with van der Waals surface area (Å²) in [5, 5.41) is 10.8. The van der Waals surface area contributed by atoms with E-state index in [1.165, 1.54) is 12.3 Å². The molecule has 9 nitrogen and oxygen atoms in total. The number of aromatic nitrogens is 1. The van der Waals surface area contributed by atoms with Gasteiger partial charge in [-0.2, -0.15) is 13.2 Å². The lowest BCUT2D eigenvalue weighted by Crippen LogP contribution is -2.54. The van der Waals surface area contributed by atoms with Crippen molar-refractivity contribution in [3.8, 4) is 11.5 Å². The molecule has 1 aromatic heterocycles. The molecule has 3 saturated heterocycles. The zero-order valence-electron chi connectivity index (χ0n) is 24.5. The summed E-state index contributed by atoms with van der Waals surface area (Å²) >= 11 is 0. The van der Waals surface area contributed by atoms with E-state index in [4.69, 9.17) is 18.9 Å². The van der Waals surface area contributed by atoms with Gasteiger partial charge in [0.2, 0.25) is 0 Å². The average molecular weight is 594 g/mol. The van der Waals surface area contributed by atoms with E-state index in [9.17, 15) is 23.1 Å². The van der Waals surface area contributed by atoms with Crippen molar-refractivity contribution in [2.45, 2.75) is 70.3 Å². The number of aliphatic hydroxyl groups excluding tert-OH is 1. The maximum absolute atomic E-state index is 13.3. The van der Waals surface area contributed by atoms with Gasteiger partial charge in [0.05, 0.1) is 39.3 Å². The number of likely N-dealkylation sites (tertiary alicyclic amines) is 1. The molecule has 0 saturated carbocycles. The van der Waals surface area contributed by atoms with Gasteiger partial charge in [-0.1, -0.05) is 19.1 Å². The van der Waals surface area contributed by atoms with Crippen LogP contribution in [0.3, 0.4) is 0 Å². The van der Waals surface area contributed by atoms with Gasteiger partial charge in [-0.3, -0.25) is 4.79 Å². The summed E-state index contributed by atoms with van der Waals surface area (Å²) in [7, 11) is 1.56. The van der Waals surface area contributed by atoms with Gasteiger partial charge in [-0.05, 0) is 50.1 Å². The third kappa shape index (κ3) is 6.30. The summed E-state index contributed by atoms with van der Waals surface area (Å²) in [5.74, 6) is 0.524. The topological polar surface area (TPSA) is 93.6 Å². The van der Waals surface area contributed by atoms with E-state index in [1.54, 1.807) is 38.8 Å². The molecule has 4 atom stereocenters. The quantitative estimate of drug-likeness (QED) is 0.493. The smallest absolute Gasteiger partial charge is 0.393 e. The number of ether oxygens (including phenoxy) is 4. The monoisotopic (exact) mass is 593 g/mol. The summed E-state index contributed by atoms with van der Waals surface area (Å²) in [6, 6.07) is 8.70. The number of carbonyl (C=O) groups excluding carboxylic acids is 1. The molecule has 0 spiro atoms. The zero-order valence-corrected chi connectivity index (χ0v) is 24.5. The predicted molar refractivity (Wildman–Crippen MR) is 148 cm³/mol. The molecule has 1 unspecified atom stereocenters. The van der Waals surface area contributed by atoms with E-state index in [1.807, 2.05) is 30.0 Å².